The van der Waals surface area contributed by atoms with Gasteiger partial charge in [0.05, 0.1) is 0 Å². The van der Waals surface area contributed by atoms with Crippen molar-refractivity contribution in [2.24, 2.45) is 0 Å². The Morgan fingerprint density at radius 1 is 1.12 bits per heavy atom. The lowest BCUT2D eigenvalue weighted by atomic mass is 9.84. The van der Waals surface area contributed by atoms with Crippen molar-refractivity contribution in [2.75, 3.05) is 0 Å². The highest BCUT2D eigenvalue weighted by atomic mass is 16.3. The number of hydrogen-bond acceptors (Lipinski definition) is 2. The summed E-state index contributed by atoms with van der Waals surface area (Å²) in [6.45, 7) is 6.32. The molecule has 2 nitrogen and oxygen atoms in total. The number of allylic oxidation sites excluding steroid dienone is 2. The maximum absolute atomic E-state index is 9.48. The van der Waals surface area contributed by atoms with Crippen molar-refractivity contribution in [3.63, 3.8) is 0 Å². The van der Waals surface area contributed by atoms with E-state index < -0.39 is 0 Å². The molecule has 1 aromatic carbocycles. The molecule has 0 aromatic heterocycles. The van der Waals surface area contributed by atoms with Crippen molar-refractivity contribution in [3.05, 3.63) is 35.9 Å². The highest BCUT2D eigenvalue weighted by Gasteiger charge is 2.18. The molecular weight excluding hydrogens is 212 g/mol. The zero-order valence-corrected chi connectivity index (χ0v) is 10.9. The molecule has 0 aliphatic carbocycles. The van der Waals surface area contributed by atoms with Gasteiger partial charge in [0.1, 0.15) is 11.5 Å². The Bertz CT molecular complexity index is 372. The molecule has 1 rings (SSSR count). The predicted molar refractivity (Wildman–Crippen MR) is 71.5 cm³/mol. The standard InChI is InChI=1S/C15H22O2/c1-4-5-6-7-8-15(2,3)12-9-13(16)11-14(17)10-12/h7-11,16-17H,4-6H2,1-3H3/b8-7-. The molecule has 0 radical (unpaired) electrons. The Morgan fingerprint density at radius 2 is 1.71 bits per heavy atom. The zero-order chi connectivity index (χ0) is 12.9. The van der Waals surface area contributed by atoms with Gasteiger partial charge >= 0.3 is 0 Å². The van der Waals surface area contributed by atoms with E-state index in [4.69, 9.17) is 0 Å². The Balaban J connectivity index is 2.84. The molecular formula is C15H22O2. The van der Waals surface area contributed by atoms with E-state index in [0.29, 0.717) is 0 Å². The summed E-state index contributed by atoms with van der Waals surface area (Å²) in [4.78, 5) is 0. The minimum atomic E-state index is -0.177. The number of hydrogen-bond donors (Lipinski definition) is 2. The number of phenolic OH excluding ortho intramolecular Hbond substituents is 2. The fraction of sp³-hybridized carbons (Fsp3) is 0.467. The van der Waals surface area contributed by atoms with Gasteiger partial charge in [-0.2, -0.15) is 0 Å². The van der Waals surface area contributed by atoms with Crippen molar-refractivity contribution < 1.29 is 10.2 Å². The molecule has 0 spiro atoms. The van der Waals surface area contributed by atoms with Crippen molar-refractivity contribution in [2.45, 2.75) is 45.4 Å². The first-order valence-electron chi connectivity index (χ1n) is 6.17. The van der Waals surface area contributed by atoms with Gasteiger partial charge in [0.25, 0.3) is 0 Å². The number of phenols is 2. The van der Waals surface area contributed by atoms with E-state index in [0.717, 1.165) is 12.0 Å². The molecule has 1 aromatic rings. The Kier molecular flexibility index (Phi) is 4.62. The maximum Gasteiger partial charge on any atom is 0.119 e. The van der Waals surface area contributed by atoms with E-state index in [-0.39, 0.29) is 16.9 Å². The molecule has 0 amide bonds. The molecule has 0 saturated heterocycles. The quantitative estimate of drug-likeness (QED) is 0.594. The molecule has 0 unspecified atom stereocenters. The Morgan fingerprint density at radius 3 is 2.24 bits per heavy atom. The second-order valence-corrected chi connectivity index (χ2v) is 5.00. The van der Waals surface area contributed by atoms with E-state index in [1.54, 1.807) is 12.1 Å². The fourth-order valence-electron chi connectivity index (χ4n) is 1.76. The van der Waals surface area contributed by atoms with Crippen LogP contribution in [0, 0.1) is 0 Å². The first kappa shape index (κ1) is 13.6. The molecule has 2 N–H and O–H groups in total. The van der Waals surface area contributed by atoms with Gasteiger partial charge < -0.3 is 10.2 Å². The topological polar surface area (TPSA) is 40.5 Å². The largest absolute Gasteiger partial charge is 0.508 e. The Labute approximate surface area is 104 Å². The van der Waals surface area contributed by atoms with Crippen LogP contribution in [-0.2, 0) is 5.41 Å². The zero-order valence-electron chi connectivity index (χ0n) is 10.9. The monoisotopic (exact) mass is 234 g/mol. The van der Waals surface area contributed by atoms with E-state index in [2.05, 4.69) is 32.9 Å². The van der Waals surface area contributed by atoms with E-state index in [1.807, 2.05) is 0 Å². The summed E-state index contributed by atoms with van der Waals surface area (Å²) in [6.07, 6.45) is 7.77. The minimum absolute atomic E-state index is 0.107. The summed E-state index contributed by atoms with van der Waals surface area (Å²) >= 11 is 0. The molecule has 0 aliphatic heterocycles. The molecule has 94 valence electrons. The number of unbranched alkanes of at least 4 members (excludes halogenated alkanes) is 2. The molecule has 0 bridgehead atoms. The molecule has 17 heavy (non-hydrogen) atoms. The summed E-state index contributed by atoms with van der Waals surface area (Å²) in [5.74, 6) is 0.213. The van der Waals surface area contributed by atoms with Crippen LogP contribution in [0.2, 0.25) is 0 Å². The third kappa shape index (κ3) is 4.14. The molecule has 0 saturated carbocycles. The lowest BCUT2D eigenvalue weighted by molar-refractivity contribution is 0.446. The van der Waals surface area contributed by atoms with E-state index >= 15 is 0 Å². The van der Waals surface area contributed by atoms with Crippen molar-refractivity contribution in [1.82, 2.24) is 0 Å². The lowest BCUT2D eigenvalue weighted by Crippen LogP contribution is -2.13. The van der Waals surface area contributed by atoms with Crippen LogP contribution in [0.1, 0.15) is 45.6 Å². The van der Waals surface area contributed by atoms with Gasteiger partial charge in [-0.1, -0.05) is 45.8 Å². The molecule has 2 heteroatoms. The van der Waals surface area contributed by atoms with Crippen LogP contribution >= 0.6 is 0 Å². The maximum atomic E-state index is 9.48. The lowest BCUT2D eigenvalue weighted by Gasteiger charge is -2.21. The molecule has 0 fully saturated rings. The molecule has 0 heterocycles. The summed E-state index contributed by atoms with van der Waals surface area (Å²) in [5.41, 5.74) is 0.743. The average Bonchev–Trinajstić information content (AvgIpc) is 2.23. The van der Waals surface area contributed by atoms with Crippen molar-refractivity contribution in [3.8, 4) is 11.5 Å². The van der Waals surface area contributed by atoms with Crippen molar-refractivity contribution in [1.29, 1.82) is 0 Å². The van der Waals surface area contributed by atoms with Gasteiger partial charge in [0.15, 0.2) is 0 Å². The third-order valence-corrected chi connectivity index (χ3v) is 2.91. The van der Waals surface area contributed by atoms with Crippen LogP contribution in [0.5, 0.6) is 11.5 Å². The highest BCUT2D eigenvalue weighted by molar-refractivity contribution is 5.41. The van der Waals surface area contributed by atoms with Crippen LogP contribution in [0.3, 0.4) is 0 Å². The van der Waals surface area contributed by atoms with Gasteiger partial charge in [0, 0.05) is 11.5 Å². The average molecular weight is 234 g/mol. The highest BCUT2D eigenvalue weighted by Crippen LogP contribution is 2.31. The summed E-state index contributed by atoms with van der Waals surface area (Å²) in [6, 6.07) is 4.74. The first-order chi connectivity index (χ1) is 7.95. The minimum Gasteiger partial charge on any atom is -0.508 e. The van der Waals surface area contributed by atoms with Gasteiger partial charge in [-0.25, -0.2) is 0 Å². The van der Waals surface area contributed by atoms with E-state index in [9.17, 15) is 10.2 Å². The SMILES string of the molecule is CCCC/C=C\C(C)(C)c1cc(O)cc(O)c1. The Hall–Kier alpha value is -1.44. The fourth-order valence-corrected chi connectivity index (χ4v) is 1.76. The second kappa shape index (κ2) is 5.76. The van der Waals surface area contributed by atoms with Crippen molar-refractivity contribution >= 4 is 0 Å². The number of aromatic hydroxyl groups is 2. The van der Waals surface area contributed by atoms with Crippen LogP contribution in [0.25, 0.3) is 0 Å². The van der Waals surface area contributed by atoms with Crippen LogP contribution < -0.4 is 0 Å². The number of benzene rings is 1. The van der Waals surface area contributed by atoms with Gasteiger partial charge in [-0.3, -0.25) is 0 Å². The summed E-state index contributed by atoms with van der Waals surface area (Å²) in [5, 5.41) is 19.0. The van der Waals surface area contributed by atoms with Gasteiger partial charge in [0.2, 0.25) is 0 Å². The molecule has 0 atom stereocenters. The first-order valence-corrected chi connectivity index (χ1v) is 6.17. The van der Waals surface area contributed by atoms with Crippen LogP contribution in [-0.4, -0.2) is 10.2 Å². The summed E-state index contributed by atoms with van der Waals surface area (Å²) < 4.78 is 0. The molecule has 0 aliphatic rings. The second-order valence-electron chi connectivity index (χ2n) is 5.00. The number of rotatable bonds is 5. The van der Waals surface area contributed by atoms with Gasteiger partial charge in [-0.05, 0) is 24.1 Å². The third-order valence-electron chi connectivity index (χ3n) is 2.91. The summed E-state index contributed by atoms with van der Waals surface area (Å²) in [7, 11) is 0. The van der Waals surface area contributed by atoms with Gasteiger partial charge in [-0.15, -0.1) is 0 Å². The normalized spacial score (nSPS) is 12.2. The predicted octanol–water partition coefficient (Wildman–Crippen LogP) is 4.12. The van der Waals surface area contributed by atoms with Crippen LogP contribution in [0.15, 0.2) is 30.4 Å². The van der Waals surface area contributed by atoms with E-state index in [1.165, 1.54) is 18.9 Å². The smallest absolute Gasteiger partial charge is 0.119 e. The van der Waals surface area contributed by atoms with Crippen LogP contribution in [0.4, 0.5) is 0 Å².